The van der Waals surface area contributed by atoms with Crippen molar-refractivity contribution in [3.05, 3.63) is 30.1 Å². The first-order valence-corrected chi connectivity index (χ1v) is 11.7. The van der Waals surface area contributed by atoms with Crippen molar-refractivity contribution >= 4 is 22.7 Å². The van der Waals surface area contributed by atoms with E-state index in [1.807, 2.05) is 38.1 Å². The van der Waals surface area contributed by atoms with Gasteiger partial charge in [0.1, 0.15) is 17.7 Å². The fourth-order valence-electron chi connectivity index (χ4n) is 3.94. The van der Waals surface area contributed by atoms with Gasteiger partial charge in [-0.3, -0.25) is 4.90 Å². The van der Waals surface area contributed by atoms with Crippen molar-refractivity contribution < 1.29 is 9.53 Å². The van der Waals surface area contributed by atoms with Gasteiger partial charge in [0.05, 0.1) is 19.2 Å². The van der Waals surface area contributed by atoms with Crippen molar-refractivity contribution in [3.8, 4) is 0 Å². The first-order valence-electron chi connectivity index (χ1n) is 11.7. The standard InChI is InChI=1S/C25H39N5O2/c1-18(2)22(24(31)32-6)28-23-19-9-7-8-10-20(19)26-21(27-23)17-30-15-13-29(14-16-30)12-11-25(3,4)5/h7-10,18,22H,11-17H2,1-6H3,(H,26,27,28)/t22-/m0/s1. The van der Waals surface area contributed by atoms with Gasteiger partial charge < -0.3 is 15.0 Å². The van der Waals surface area contributed by atoms with Gasteiger partial charge >= 0.3 is 5.97 Å². The number of benzene rings is 1. The summed E-state index contributed by atoms with van der Waals surface area (Å²) < 4.78 is 5.00. The van der Waals surface area contributed by atoms with Crippen LogP contribution in [0.4, 0.5) is 5.82 Å². The van der Waals surface area contributed by atoms with Crippen LogP contribution < -0.4 is 5.32 Å². The molecule has 1 fully saturated rings. The number of nitrogens with zero attached hydrogens (tertiary/aromatic N) is 4. The first-order chi connectivity index (χ1) is 15.2. The molecule has 1 aliphatic heterocycles. The normalized spacial score (nSPS) is 17.0. The van der Waals surface area contributed by atoms with E-state index in [9.17, 15) is 4.79 Å². The van der Waals surface area contributed by atoms with Crippen molar-refractivity contribution in [1.82, 2.24) is 19.8 Å². The number of anilines is 1. The number of piperazine rings is 1. The summed E-state index contributed by atoms with van der Waals surface area (Å²) in [4.78, 5) is 26.9. The van der Waals surface area contributed by atoms with Crippen LogP contribution >= 0.6 is 0 Å². The quantitative estimate of drug-likeness (QED) is 0.625. The molecule has 1 aromatic carbocycles. The van der Waals surface area contributed by atoms with E-state index in [1.54, 1.807) is 0 Å². The molecule has 0 radical (unpaired) electrons. The fraction of sp³-hybridized carbons (Fsp3) is 0.640. The molecule has 1 aromatic heterocycles. The summed E-state index contributed by atoms with van der Waals surface area (Å²) in [5.41, 5.74) is 1.26. The lowest BCUT2D eigenvalue weighted by Crippen LogP contribution is -2.46. The third-order valence-corrected chi connectivity index (χ3v) is 6.07. The van der Waals surface area contributed by atoms with E-state index in [0.29, 0.717) is 17.8 Å². The van der Waals surface area contributed by atoms with Crippen LogP contribution in [0.5, 0.6) is 0 Å². The van der Waals surface area contributed by atoms with E-state index in [0.717, 1.165) is 49.5 Å². The zero-order valence-corrected chi connectivity index (χ0v) is 20.5. The van der Waals surface area contributed by atoms with Crippen LogP contribution in [0.1, 0.15) is 46.9 Å². The molecule has 32 heavy (non-hydrogen) atoms. The molecular weight excluding hydrogens is 402 g/mol. The van der Waals surface area contributed by atoms with Gasteiger partial charge in [-0.15, -0.1) is 0 Å². The number of hydrogen-bond donors (Lipinski definition) is 1. The molecule has 0 saturated carbocycles. The van der Waals surface area contributed by atoms with E-state index in [2.05, 4.69) is 35.9 Å². The summed E-state index contributed by atoms with van der Waals surface area (Å²) in [5, 5.41) is 4.25. The van der Waals surface area contributed by atoms with Crippen LogP contribution in [-0.4, -0.2) is 71.6 Å². The van der Waals surface area contributed by atoms with Crippen molar-refractivity contribution in [1.29, 1.82) is 0 Å². The van der Waals surface area contributed by atoms with Gasteiger partial charge in [-0.25, -0.2) is 14.8 Å². The SMILES string of the molecule is COC(=O)[C@@H](Nc1nc(CN2CCN(CCC(C)(C)C)CC2)nc2ccccc12)C(C)C. The van der Waals surface area contributed by atoms with Crippen LogP contribution in [0, 0.1) is 11.3 Å². The Bertz CT molecular complexity index is 901. The number of para-hydroxylation sites is 1. The molecule has 0 aliphatic carbocycles. The minimum absolute atomic E-state index is 0.0702. The van der Waals surface area contributed by atoms with Gasteiger partial charge in [-0.05, 0) is 36.4 Å². The molecule has 2 aromatic rings. The van der Waals surface area contributed by atoms with E-state index in [-0.39, 0.29) is 11.9 Å². The Hall–Kier alpha value is -2.25. The Kier molecular flexibility index (Phi) is 8.06. The Balaban J connectivity index is 1.72. The highest BCUT2D eigenvalue weighted by atomic mass is 16.5. The summed E-state index contributed by atoms with van der Waals surface area (Å²) in [7, 11) is 1.42. The van der Waals surface area contributed by atoms with E-state index in [1.165, 1.54) is 13.5 Å². The van der Waals surface area contributed by atoms with Crippen molar-refractivity contribution in [2.45, 2.75) is 53.6 Å². The minimum atomic E-state index is -0.461. The lowest BCUT2D eigenvalue weighted by Gasteiger charge is -2.35. The van der Waals surface area contributed by atoms with Crippen LogP contribution in [0.3, 0.4) is 0 Å². The van der Waals surface area contributed by atoms with Gasteiger partial charge in [-0.2, -0.15) is 0 Å². The van der Waals surface area contributed by atoms with Crippen LogP contribution in [0.25, 0.3) is 10.9 Å². The Morgan fingerprint density at radius 2 is 1.75 bits per heavy atom. The molecule has 1 atom stereocenters. The first kappa shape index (κ1) is 24.4. The van der Waals surface area contributed by atoms with Crippen molar-refractivity contribution in [2.75, 3.05) is 45.2 Å². The molecule has 0 amide bonds. The number of aromatic nitrogens is 2. The molecule has 7 nitrogen and oxygen atoms in total. The number of carbonyl (C=O) groups excluding carboxylic acids is 1. The lowest BCUT2D eigenvalue weighted by molar-refractivity contribution is -0.142. The number of carbonyl (C=O) groups is 1. The molecule has 2 heterocycles. The maximum atomic E-state index is 12.3. The second-order valence-electron chi connectivity index (χ2n) is 10.3. The summed E-state index contributed by atoms with van der Waals surface area (Å²) >= 11 is 0. The van der Waals surface area contributed by atoms with Gasteiger partial charge in [0.25, 0.3) is 0 Å². The topological polar surface area (TPSA) is 70.6 Å². The predicted molar refractivity (Wildman–Crippen MR) is 130 cm³/mol. The second-order valence-corrected chi connectivity index (χ2v) is 10.3. The molecule has 3 rings (SSSR count). The average molecular weight is 442 g/mol. The molecule has 7 heteroatoms. The summed E-state index contributed by atoms with van der Waals surface area (Å²) in [5.74, 6) is 1.26. The number of methoxy groups -OCH3 is 1. The van der Waals surface area contributed by atoms with E-state index in [4.69, 9.17) is 14.7 Å². The Labute approximate surface area is 192 Å². The molecule has 1 saturated heterocycles. The summed E-state index contributed by atoms with van der Waals surface area (Å²) in [6, 6.07) is 7.48. The number of nitrogens with one attached hydrogen (secondary N) is 1. The van der Waals surface area contributed by atoms with Gasteiger partial charge in [0.15, 0.2) is 0 Å². The molecule has 1 N–H and O–H groups in total. The largest absolute Gasteiger partial charge is 0.467 e. The molecule has 1 aliphatic rings. The highest BCUT2D eigenvalue weighted by Gasteiger charge is 2.25. The highest BCUT2D eigenvalue weighted by Crippen LogP contribution is 2.24. The molecule has 176 valence electrons. The number of esters is 1. The summed E-state index contributed by atoms with van der Waals surface area (Å²) in [6.45, 7) is 16.9. The van der Waals surface area contributed by atoms with Gasteiger partial charge in [0.2, 0.25) is 0 Å². The number of rotatable bonds is 8. The van der Waals surface area contributed by atoms with Crippen molar-refractivity contribution in [3.63, 3.8) is 0 Å². The molecule has 0 bridgehead atoms. The molecule has 0 spiro atoms. The third-order valence-electron chi connectivity index (χ3n) is 6.07. The number of ether oxygens (including phenoxy) is 1. The maximum absolute atomic E-state index is 12.3. The number of hydrogen-bond acceptors (Lipinski definition) is 7. The van der Waals surface area contributed by atoms with Gasteiger partial charge in [0, 0.05) is 31.6 Å². The molecular formula is C25H39N5O2. The summed E-state index contributed by atoms with van der Waals surface area (Å²) in [6.07, 6.45) is 1.22. The average Bonchev–Trinajstić information content (AvgIpc) is 2.75. The van der Waals surface area contributed by atoms with E-state index < -0.39 is 6.04 Å². The number of fused-ring (bicyclic) bond motifs is 1. The van der Waals surface area contributed by atoms with Crippen LogP contribution in [0.2, 0.25) is 0 Å². The predicted octanol–water partition coefficient (Wildman–Crippen LogP) is 3.79. The monoisotopic (exact) mass is 441 g/mol. The Morgan fingerprint density at radius 1 is 1.09 bits per heavy atom. The zero-order chi connectivity index (χ0) is 23.3. The highest BCUT2D eigenvalue weighted by molar-refractivity contribution is 5.91. The molecule has 0 unspecified atom stereocenters. The van der Waals surface area contributed by atoms with Gasteiger partial charge in [-0.1, -0.05) is 46.8 Å². The zero-order valence-electron chi connectivity index (χ0n) is 20.5. The fourth-order valence-corrected chi connectivity index (χ4v) is 3.94. The lowest BCUT2D eigenvalue weighted by atomic mass is 9.92. The maximum Gasteiger partial charge on any atom is 0.328 e. The van der Waals surface area contributed by atoms with Crippen LogP contribution in [-0.2, 0) is 16.1 Å². The minimum Gasteiger partial charge on any atom is -0.467 e. The van der Waals surface area contributed by atoms with E-state index >= 15 is 0 Å². The third kappa shape index (κ3) is 6.62. The smallest absolute Gasteiger partial charge is 0.328 e. The van der Waals surface area contributed by atoms with Crippen LogP contribution in [0.15, 0.2) is 24.3 Å². The second kappa shape index (κ2) is 10.6. The Morgan fingerprint density at radius 3 is 2.38 bits per heavy atom. The van der Waals surface area contributed by atoms with Crippen molar-refractivity contribution in [2.24, 2.45) is 11.3 Å².